The highest BCUT2D eigenvalue weighted by molar-refractivity contribution is 9.15. The van der Waals surface area contributed by atoms with E-state index in [4.69, 9.17) is 0 Å². The lowest BCUT2D eigenvalue weighted by molar-refractivity contribution is -0.145. The molecule has 1 aliphatic rings. The Kier molecular flexibility index (Phi) is 5.18. The van der Waals surface area contributed by atoms with Crippen LogP contribution in [0, 0.1) is 0 Å². The van der Waals surface area contributed by atoms with Crippen LogP contribution >= 0.6 is 63.7 Å². The number of fused-ring (bicyclic) bond motifs is 1. The lowest BCUT2D eigenvalue weighted by Crippen LogP contribution is -2.50. The zero-order valence-corrected chi connectivity index (χ0v) is 17.1. The molecule has 0 fully saturated rings. The van der Waals surface area contributed by atoms with Crippen LogP contribution in [0.1, 0.15) is 27.6 Å². The third-order valence-corrected chi connectivity index (χ3v) is 7.89. The van der Waals surface area contributed by atoms with Gasteiger partial charge in [-0.05, 0) is 70.6 Å². The molecular weight excluding hydrogens is 558 g/mol. The van der Waals surface area contributed by atoms with E-state index in [1.165, 1.54) is 6.92 Å². The van der Waals surface area contributed by atoms with E-state index < -0.39 is 29.9 Å². The Balaban J connectivity index is 2.71. The highest BCUT2D eigenvalue weighted by Crippen LogP contribution is 2.45. The van der Waals surface area contributed by atoms with Crippen molar-refractivity contribution in [1.29, 1.82) is 0 Å². The molecule has 2 N–H and O–H groups in total. The molecule has 1 heterocycles. The van der Waals surface area contributed by atoms with E-state index in [2.05, 4.69) is 63.7 Å². The van der Waals surface area contributed by atoms with Crippen molar-refractivity contribution in [2.45, 2.75) is 19.1 Å². The van der Waals surface area contributed by atoms with Crippen LogP contribution in [0.3, 0.4) is 0 Å². The van der Waals surface area contributed by atoms with Crippen LogP contribution in [0.25, 0.3) is 0 Å². The number of aliphatic hydroxyl groups excluding tert-OH is 1. The number of carboxylic acid groups (broad SMARTS) is 1. The highest BCUT2D eigenvalue weighted by Gasteiger charge is 2.47. The van der Waals surface area contributed by atoms with Gasteiger partial charge in [0, 0.05) is 17.9 Å². The predicted octanol–water partition coefficient (Wildman–Crippen LogP) is 3.17. The first-order chi connectivity index (χ1) is 10.1. The molecule has 118 valence electrons. The maximum Gasteiger partial charge on any atom is 0.329 e. The number of benzene rings is 1. The van der Waals surface area contributed by atoms with Crippen LogP contribution in [-0.2, 0) is 4.79 Å². The fraction of sp³-hybridized carbons (Fsp3) is 0.250. The summed E-state index contributed by atoms with van der Waals surface area (Å²) in [5.74, 6) is -3.03. The first-order valence-corrected chi connectivity index (χ1v) is 8.93. The summed E-state index contributed by atoms with van der Waals surface area (Å²) in [7, 11) is 0. The van der Waals surface area contributed by atoms with Crippen molar-refractivity contribution in [3.05, 3.63) is 29.0 Å². The monoisotopic (exact) mass is 561 g/mol. The number of rotatable bonds is 3. The fourth-order valence-electron chi connectivity index (χ4n) is 2.15. The van der Waals surface area contributed by atoms with E-state index in [1.54, 1.807) is 0 Å². The van der Waals surface area contributed by atoms with Crippen LogP contribution in [0.4, 0.5) is 0 Å². The molecule has 1 aromatic carbocycles. The Bertz CT molecular complexity index is 671. The number of aliphatic hydroxyl groups is 1. The molecule has 2 amide bonds. The van der Waals surface area contributed by atoms with Crippen LogP contribution in [0.15, 0.2) is 17.9 Å². The van der Waals surface area contributed by atoms with Crippen LogP contribution in [0.2, 0.25) is 0 Å². The lowest BCUT2D eigenvalue weighted by atomic mass is 10.1. The zero-order valence-electron chi connectivity index (χ0n) is 10.7. The number of carbonyl (C=O) groups excluding carboxylic acids is 2. The van der Waals surface area contributed by atoms with Crippen molar-refractivity contribution in [3.63, 3.8) is 0 Å². The minimum Gasteiger partial charge on any atom is -0.480 e. The summed E-state index contributed by atoms with van der Waals surface area (Å²) in [4.78, 5) is 37.0. The van der Waals surface area contributed by atoms with Gasteiger partial charge in [-0.3, -0.25) is 14.5 Å². The molecular formula is C12H7Br4NO5. The summed E-state index contributed by atoms with van der Waals surface area (Å²) < 4.78 is 1.66. The molecule has 0 saturated carbocycles. The smallest absolute Gasteiger partial charge is 0.329 e. The number of nitrogens with zero attached hydrogens (tertiary/aromatic N) is 1. The van der Waals surface area contributed by atoms with Gasteiger partial charge in [0.15, 0.2) is 6.04 Å². The molecule has 0 aromatic heterocycles. The molecule has 6 nitrogen and oxygen atoms in total. The summed E-state index contributed by atoms with van der Waals surface area (Å²) in [5, 5.41) is 18.9. The second kappa shape index (κ2) is 6.31. The van der Waals surface area contributed by atoms with E-state index in [1.807, 2.05) is 0 Å². The largest absolute Gasteiger partial charge is 0.480 e. The maximum absolute atomic E-state index is 12.5. The van der Waals surface area contributed by atoms with E-state index in [0.717, 1.165) is 0 Å². The van der Waals surface area contributed by atoms with E-state index in [9.17, 15) is 24.6 Å². The minimum atomic E-state index is -1.66. The van der Waals surface area contributed by atoms with Crippen molar-refractivity contribution in [2.75, 3.05) is 0 Å². The number of hydrogen-bond acceptors (Lipinski definition) is 4. The Morgan fingerprint density at radius 1 is 0.955 bits per heavy atom. The Hall–Kier alpha value is -0.290. The van der Waals surface area contributed by atoms with Crippen molar-refractivity contribution < 1.29 is 24.6 Å². The molecule has 0 aliphatic carbocycles. The fourth-order valence-corrected chi connectivity index (χ4v) is 4.61. The molecule has 10 heteroatoms. The predicted molar refractivity (Wildman–Crippen MR) is 90.8 cm³/mol. The Morgan fingerprint density at radius 3 is 1.59 bits per heavy atom. The maximum atomic E-state index is 12.5. The summed E-state index contributed by atoms with van der Waals surface area (Å²) >= 11 is 13.0. The molecule has 0 saturated heterocycles. The average molecular weight is 565 g/mol. The summed E-state index contributed by atoms with van der Waals surface area (Å²) in [6, 6.07) is -1.66. The summed E-state index contributed by atoms with van der Waals surface area (Å²) in [6.45, 7) is 1.21. The number of aliphatic carboxylic acids is 1. The van der Waals surface area contributed by atoms with Crippen molar-refractivity contribution in [1.82, 2.24) is 4.90 Å². The van der Waals surface area contributed by atoms with Gasteiger partial charge in [0.05, 0.1) is 17.2 Å². The third-order valence-electron chi connectivity index (χ3n) is 3.12. The van der Waals surface area contributed by atoms with Gasteiger partial charge in [-0.15, -0.1) is 0 Å². The van der Waals surface area contributed by atoms with Crippen LogP contribution in [0.5, 0.6) is 0 Å². The lowest BCUT2D eigenvalue weighted by Gasteiger charge is -2.24. The topological polar surface area (TPSA) is 94.9 Å². The molecule has 2 rings (SSSR count). The van der Waals surface area contributed by atoms with E-state index in [0.29, 0.717) is 22.8 Å². The van der Waals surface area contributed by atoms with Crippen LogP contribution < -0.4 is 0 Å². The molecule has 1 aromatic rings. The first-order valence-electron chi connectivity index (χ1n) is 5.75. The van der Waals surface area contributed by atoms with E-state index >= 15 is 0 Å². The Morgan fingerprint density at radius 2 is 1.32 bits per heavy atom. The number of halogens is 4. The van der Waals surface area contributed by atoms with Gasteiger partial charge in [-0.2, -0.15) is 0 Å². The first kappa shape index (κ1) is 18.1. The van der Waals surface area contributed by atoms with Crippen molar-refractivity contribution >= 4 is 81.5 Å². The second-order valence-corrected chi connectivity index (χ2v) is 7.68. The summed E-state index contributed by atoms with van der Waals surface area (Å²) in [6.07, 6.45) is -1.41. The molecule has 0 radical (unpaired) electrons. The van der Waals surface area contributed by atoms with Gasteiger partial charge in [0.1, 0.15) is 0 Å². The normalized spacial score (nSPS) is 16.7. The van der Waals surface area contributed by atoms with E-state index in [-0.39, 0.29) is 11.1 Å². The van der Waals surface area contributed by atoms with Crippen molar-refractivity contribution in [2.24, 2.45) is 0 Å². The summed E-state index contributed by atoms with van der Waals surface area (Å²) in [5.41, 5.74) is 0.0812. The Labute approximate surface area is 158 Å². The zero-order chi connectivity index (χ0) is 16.9. The average Bonchev–Trinajstić information content (AvgIpc) is 2.67. The molecule has 0 bridgehead atoms. The standard InChI is InChI=1S/C12H7Br4NO5/c1-2(18)9(12(21)22)17-10(19)3-4(11(17)20)6(14)8(16)7(15)5(3)13/h2,9,18H,1H3,(H,21,22). The molecule has 2 atom stereocenters. The number of amides is 2. The minimum absolute atomic E-state index is 0.0406. The third kappa shape index (κ3) is 2.58. The number of imide groups is 1. The van der Waals surface area contributed by atoms with Gasteiger partial charge in [0.2, 0.25) is 0 Å². The highest BCUT2D eigenvalue weighted by atomic mass is 79.9. The molecule has 0 spiro atoms. The van der Waals surface area contributed by atoms with Gasteiger partial charge in [-0.25, -0.2) is 4.79 Å². The number of hydrogen-bond donors (Lipinski definition) is 2. The quantitative estimate of drug-likeness (QED) is 0.334. The molecule has 2 unspecified atom stereocenters. The van der Waals surface area contributed by atoms with Crippen LogP contribution in [-0.4, -0.2) is 45.0 Å². The van der Waals surface area contributed by atoms with Gasteiger partial charge in [-0.1, -0.05) is 0 Å². The molecule has 1 aliphatic heterocycles. The van der Waals surface area contributed by atoms with Crippen molar-refractivity contribution in [3.8, 4) is 0 Å². The SMILES string of the molecule is CC(O)C(C(=O)O)N1C(=O)c2c(Br)c(Br)c(Br)c(Br)c2C1=O. The van der Waals surface area contributed by atoms with Gasteiger partial charge in [0.25, 0.3) is 11.8 Å². The number of carboxylic acids is 1. The second-order valence-electron chi connectivity index (χ2n) is 4.51. The molecule has 22 heavy (non-hydrogen) atoms. The van der Waals surface area contributed by atoms with Gasteiger partial charge >= 0.3 is 5.97 Å². The number of carbonyl (C=O) groups is 3. The van der Waals surface area contributed by atoms with Gasteiger partial charge < -0.3 is 10.2 Å².